The van der Waals surface area contributed by atoms with Gasteiger partial charge in [-0.2, -0.15) is 0 Å². The zero-order valence-corrected chi connectivity index (χ0v) is 14.2. The molecule has 0 spiro atoms. The molecule has 2 aromatic rings. The van der Waals surface area contributed by atoms with E-state index in [0.717, 1.165) is 19.2 Å². The molecule has 0 aliphatic heterocycles. The highest BCUT2D eigenvalue weighted by atomic mass is 16.5. The normalized spacial score (nSPS) is 10.1. The van der Waals surface area contributed by atoms with Gasteiger partial charge in [-0.15, -0.1) is 0 Å². The Labute approximate surface area is 148 Å². The third-order valence-electron chi connectivity index (χ3n) is 3.62. The number of esters is 1. The van der Waals surface area contributed by atoms with E-state index in [1.807, 2.05) is 0 Å². The average molecular weight is 360 g/mol. The standard InChI is InChI=1S/C18H16O8/c1-24-13-8-9(4-6-11(13)19)15(21)16(22)10-5-7-12(20)17(25-2)14(10)18(23)26-3/h4-8,19-20H,1-3H3. The lowest BCUT2D eigenvalue weighted by Gasteiger charge is -2.13. The minimum atomic E-state index is -1.02. The number of carbonyl (C=O) groups excluding carboxylic acids is 3. The van der Waals surface area contributed by atoms with E-state index in [4.69, 9.17) is 9.47 Å². The molecule has 26 heavy (non-hydrogen) atoms. The van der Waals surface area contributed by atoms with E-state index in [9.17, 15) is 24.6 Å². The number of aromatic hydroxyl groups is 2. The first-order chi connectivity index (χ1) is 12.3. The number of phenols is 2. The van der Waals surface area contributed by atoms with Gasteiger partial charge in [-0.3, -0.25) is 9.59 Å². The molecule has 0 fully saturated rings. The molecule has 8 nitrogen and oxygen atoms in total. The summed E-state index contributed by atoms with van der Waals surface area (Å²) in [6.45, 7) is 0. The molecule has 2 aromatic carbocycles. The van der Waals surface area contributed by atoms with Gasteiger partial charge in [0.1, 0.15) is 5.56 Å². The third kappa shape index (κ3) is 3.30. The second kappa shape index (κ2) is 7.56. The molecule has 136 valence electrons. The molecule has 0 amide bonds. The molecule has 0 bridgehead atoms. The first-order valence-corrected chi connectivity index (χ1v) is 7.30. The summed E-state index contributed by atoms with van der Waals surface area (Å²) >= 11 is 0. The molecule has 0 unspecified atom stereocenters. The van der Waals surface area contributed by atoms with Crippen LogP contribution in [0, 0.1) is 0 Å². The van der Waals surface area contributed by atoms with Crippen molar-refractivity contribution in [1.82, 2.24) is 0 Å². The Balaban J connectivity index is 2.56. The molecule has 8 heteroatoms. The van der Waals surface area contributed by atoms with Crippen LogP contribution < -0.4 is 9.47 Å². The monoisotopic (exact) mass is 360 g/mol. The van der Waals surface area contributed by atoms with Crippen LogP contribution in [-0.4, -0.2) is 49.1 Å². The van der Waals surface area contributed by atoms with Crippen LogP contribution in [0.5, 0.6) is 23.0 Å². The number of phenolic OH excluding ortho intramolecular Hbond substituents is 2. The SMILES string of the molecule is COC(=O)c1c(C(=O)C(=O)c2ccc(O)c(OC)c2)ccc(O)c1OC. The molecule has 2 N–H and O–H groups in total. The van der Waals surface area contributed by atoms with Crippen LogP contribution >= 0.6 is 0 Å². The lowest BCUT2D eigenvalue weighted by molar-refractivity contribution is 0.0592. The maximum atomic E-state index is 12.7. The van der Waals surface area contributed by atoms with Gasteiger partial charge in [-0.05, 0) is 30.3 Å². The van der Waals surface area contributed by atoms with E-state index in [2.05, 4.69) is 4.74 Å². The molecule has 0 aliphatic carbocycles. The predicted octanol–water partition coefficient (Wildman–Crippen LogP) is 1.97. The van der Waals surface area contributed by atoms with Crippen LogP contribution in [0.4, 0.5) is 0 Å². The summed E-state index contributed by atoms with van der Waals surface area (Å²) < 4.78 is 14.5. The molecular formula is C18H16O8. The van der Waals surface area contributed by atoms with Crippen LogP contribution in [-0.2, 0) is 4.74 Å². The summed E-state index contributed by atoms with van der Waals surface area (Å²) in [4.78, 5) is 37.2. The van der Waals surface area contributed by atoms with E-state index in [-0.39, 0.29) is 39.7 Å². The number of Topliss-reactive ketones (excluding diaryl/α,β-unsaturated/α-hetero) is 2. The van der Waals surface area contributed by atoms with Crippen LogP contribution in [0.1, 0.15) is 31.1 Å². The average Bonchev–Trinajstić information content (AvgIpc) is 2.66. The molecule has 0 aliphatic rings. The van der Waals surface area contributed by atoms with Gasteiger partial charge in [0.05, 0.1) is 21.3 Å². The Bertz CT molecular complexity index is 885. The highest BCUT2D eigenvalue weighted by molar-refractivity contribution is 6.50. The summed E-state index contributed by atoms with van der Waals surface area (Å²) in [5, 5.41) is 19.4. The van der Waals surface area contributed by atoms with Crippen molar-refractivity contribution in [2.45, 2.75) is 0 Å². The number of ketones is 2. The van der Waals surface area contributed by atoms with Crippen molar-refractivity contribution in [3.05, 3.63) is 47.0 Å². The van der Waals surface area contributed by atoms with Crippen molar-refractivity contribution in [1.29, 1.82) is 0 Å². The number of ether oxygens (including phenoxy) is 3. The number of methoxy groups -OCH3 is 3. The van der Waals surface area contributed by atoms with Crippen molar-refractivity contribution >= 4 is 17.5 Å². The minimum absolute atomic E-state index is 0.0140. The van der Waals surface area contributed by atoms with Gasteiger partial charge in [0, 0.05) is 11.1 Å². The Morgan fingerprint density at radius 3 is 2.08 bits per heavy atom. The predicted molar refractivity (Wildman–Crippen MR) is 89.3 cm³/mol. The maximum absolute atomic E-state index is 12.7. The van der Waals surface area contributed by atoms with Gasteiger partial charge in [-0.25, -0.2) is 4.79 Å². The zero-order valence-electron chi connectivity index (χ0n) is 14.2. The highest BCUT2D eigenvalue weighted by Crippen LogP contribution is 2.34. The van der Waals surface area contributed by atoms with Crippen molar-refractivity contribution in [2.24, 2.45) is 0 Å². The fourth-order valence-electron chi connectivity index (χ4n) is 2.34. The van der Waals surface area contributed by atoms with Gasteiger partial charge in [0.15, 0.2) is 23.0 Å². The molecule has 0 heterocycles. The van der Waals surface area contributed by atoms with Gasteiger partial charge in [-0.1, -0.05) is 0 Å². The van der Waals surface area contributed by atoms with Gasteiger partial charge < -0.3 is 24.4 Å². The second-order valence-electron chi connectivity index (χ2n) is 5.08. The fraction of sp³-hybridized carbons (Fsp3) is 0.167. The topological polar surface area (TPSA) is 119 Å². The Morgan fingerprint density at radius 1 is 0.846 bits per heavy atom. The number of hydrogen-bond donors (Lipinski definition) is 2. The lowest BCUT2D eigenvalue weighted by Crippen LogP contribution is -2.19. The van der Waals surface area contributed by atoms with Crippen molar-refractivity contribution < 1.29 is 38.8 Å². The van der Waals surface area contributed by atoms with Crippen LogP contribution in [0.25, 0.3) is 0 Å². The van der Waals surface area contributed by atoms with E-state index in [0.29, 0.717) is 0 Å². The van der Waals surface area contributed by atoms with Gasteiger partial charge in [0.2, 0.25) is 11.6 Å². The smallest absolute Gasteiger partial charge is 0.342 e. The van der Waals surface area contributed by atoms with E-state index in [1.165, 1.54) is 32.4 Å². The lowest BCUT2D eigenvalue weighted by atomic mass is 9.96. The molecule has 0 saturated carbocycles. The third-order valence-corrected chi connectivity index (χ3v) is 3.62. The number of benzene rings is 2. The molecule has 0 atom stereocenters. The van der Waals surface area contributed by atoms with Gasteiger partial charge >= 0.3 is 5.97 Å². The summed E-state index contributed by atoms with van der Waals surface area (Å²) in [7, 11) is 3.58. The quantitative estimate of drug-likeness (QED) is 0.456. The first-order valence-electron chi connectivity index (χ1n) is 7.30. The summed E-state index contributed by atoms with van der Waals surface area (Å²) in [5.41, 5.74) is -0.699. The summed E-state index contributed by atoms with van der Waals surface area (Å²) in [6, 6.07) is 5.90. The second-order valence-corrected chi connectivity index (χ2v) is 5.08. The Morgan fingerprint density at radius 2 is 1.50 bits per heavy atom. The van der Waals surface area contributed by atoms with E-state index in [1.54, 1.807) is 0 Å². The molecule has 2 rings (SSSR count). The molecule has 0 radical (unpaired) electrons. The van der Waals surface area contributed by atoms with Crippen molar-refractivity contribution in [2.75, 3.05) is 21.3 Å². The Kier molecular flexibility index (Phi) is 5.46. The van der Waals surface area contributed by atoms with Crippen LogP contribution in [0.3, 0.4) is 0 Å². The molecule has 0 aromatic heterocycles. The van der Waals surface area contributed by atoms with Crippen LogP contribution in [0.15, 0.2) is 30.3 Å². The minimum Gasteiger partial charge on any atom is -0.504 e. The van der Waals surface area contributed by atoms with E-state index >= 15 is 0 Å². The van der Waals surface area contributed by atoms with Crippen LogP contribution in [0.2, 0.25) is 0 Å². The summed E-state index contributed by atoms with van der Waals surface area (Å²) in [6.07, 6.45) is 0. The fourth-order valence-corrected chi connectivity index (χ4v) is 2.34. The molecular weight excluding hydrogens is 344 g/mol. The summed E-state index contributed by atoms with van der Waals surface area (Å²) in [5.74, 6) is -3.75. The zero-order chi connectivity index (χ0) is 19.4. The highest BCUT2D eigenvalue weighted by Gasteiger charge is 2.29. The first kappa shape index (κ1) is 18.8. The van der Waals surface area contributed by atoms with Crippen molar-refractivity contribution in [3.8, 4) is 23.0 Å². The van der Waals surface area contributed by atoms with Gasteiger partial charge in [0.25, 0.3) is 0 Å². The Hall–Kier alpha value is -3.55. The van der Waals surface area contributed by atoms with E-state index < -0.39 is 17.5 Å². The maximum Gasteiger partial charge on any atom is 0.342 e. The number of carbonyl (C=O) groups is 3. The molecule has 0 saturated heterocycles. The largest absolute Gasteiger partial charge is 0.504 e. The number of rotatable bonds is 6. The number of hydrogen-bond acceptors (Lipinski definition) is 8. The van der Waals surface area contributed by atoms with Crippen molar-refractivity contribution in [3.63, 3.8) is 0 Å².